The van der Waals surface area contributed by atoms with Crippen molar-refractivity contribution in [3.05, 3.63) is 96.1 Å². The maximum absolute atomic E-state index is 13.1. The van der Waals surface area contributed by atoms with Gasteiger partial charge in [0.25, 0.3) is 11.8 Å². The number of imide groups is 2. The summed E-state index contributed by atoms with van der Waals surface area (Å²) in [5, 5.41) is 13.4. The zero-order valence-electron chi connectivity index (χ0n) is 32.4. The third kappa shape index (κ3) is 8.37. The highest BCUT2D eigenvalue weighted by Gasteiger charge is 2.44. The van der Waals surface area contributed by atoms with Gasteiger partial charge in [0.2, 0.25) is 23.7 Å². The van der Waals surface area contributed by atoms with Crippen LogP contribution in [0.4, 0.5) is 23.0 Å². The lowest BCUT2D eigenvalue weighted by molar-refractivity contribution is -0.136. The molecule has 304 valence electrons. The fourth-order valence-electron chi connectivity index (χ4n) is 7.70. The van der Waals surface area contributed by atoms with Crippen LogP contribution in [0, 0.1) is 0 Å². The van der Waals surface area contributed by atoms with Crippen LogP contribution in [0.15, 0.2) is 89.8 Å². The number of amides is 5. The predicted molar refractivity (Wildman–Crippen MR) is 220 cm³/mol. The van der Waals surface area contributed by atoms with Crippen molar-refractivity contribution in [2.24, 2.45) is 0 Å². The minimum Gasteiger partial charge on any atom is -0.385 e. The summed E-state index contributed by atoms with van der Waals surface area (Å²) < 4.78 is 25.5. The van der Waals surface area contributed by atoms with Gasteiger partial charge in [0.05, 0.1) is 21.7 Å². The molecule has 5 amide bonds. The van der Waals surface area contributed by atoms with E-state index in [1.54, 1.807) is 47.0 Å². The molecule has 0 radical (unpaired) electrons. The Balaban J connectivity index is 0.757. The summed E-state index contributed by atoms with van der Waals surface area (Å²) in [5.41, 5.74) is 5.28. The second-order valence-electron chi connectivity index (χ2n) is 14.9. The highest BCUT2D eigenvalue weighted by Crippen LogP contribution is 2.30. The van der Waals surface area contributed by atoms with Gasteiger partial charge in [-0.05, 0) is 86.0 Å². The molecular formula is C42H43N9O7S. The van der Waals surface area contributed by atoms with E-state index in [0.717, 1.165) is 59.9 Å². The van der Waals surface area contributed by atoms with E-state index in [9.17, 15) is 32.4 Å². The van der Waals surface area contributed by atoms with Crippen LogP contribution < -0.4 is 20.9 Å². The summed E-state index contributed by atoms with van der Waals surface area (Å²) in [5.74, 6) is -1.55. The number of carbonyl (C=O) groups excluding carboxylic acids is 5. The summed E-state index contributed by atoms with van der Waals surface area (Å²) in [7, 11) is -3.30. The first kappa shape index (κ1) is 39.2. The van der Waals surface area contributed by atoms with E-state index < -0.39 is 39.5 Å². The number of carbonyl (C=O) groups is 5. The second-order valence-corrected chi connectivity index (χ2v) is 16.9. The first-order valence-electron chi connectivity index (χ1n) is 19.6. The Hall–Kier alpha value is -6.62. The SMILES string of the molecule is CS(=O)(=O)c1ccc(-c2cccc3nc(Nc4ccc(N5CCN(C(=O)CCCCCNc6ccc7c(c6)C(=O)N(C6CCC(=O)NC6=O)C7=O)CC5)cc4)nn23)cc1. The first-order valence-corrected chi connectivity index (χ1v) is 21.5. The van der Waals surface area contributed by atoms with Gasteiger partial charge in [-0.3, -0.25) is 34.2 Å². The van der Waals surface area contributed by atoms with Gasteiger partial charge in [-0.1, -0.05) is 24.6 Å². The molecule has 8 rings (SSSR count). The number of sulfone groups is 1. The Morgan fingerprint density at radius 3 is 2.29 bits per heavy atom. The number of hydrogen-bond donors (Lipinski definition) is 3. The third-order valence-corrected chi connectivity index (χ3v) is 12.0. The monoisotopic (exact) mass is 817 g/mol. The van der Waals surface area contributed by atoms with E-state index in [4.69, 9.17) is 0 Å². The van der Waals surface area contributed by atoms with Gasteiger partial charge >= 0.3 is 0 Å². The van der Waals surface area contributed by atoms with E-state index in [1.807, 2.05) is 47.4 Å². The van der Waals surface area contributed by atoms with Crippen LogP contribution in [0.2, 0.25) is 0 Å². The molecule has 2 fully saturated rings. The first-order chi connectivity index (χ1) is 28.4. The quantitative estimate of drug-likeness (QED) is 0.113. The van der Waals surface area contributed by atoms with E-state index >= 15 is 0 Å². The van der Waals surface area contributed by atoms with Crippen molar-refractivity contribution in [1.29, 1.82) is 0 Å². The lowest BCUT2D eigenvalue weighted by atomic mass is 10.0. The van der Waals surface area contributed by atoms with Crippen molar-refractivity contribution in [3.63, 3.8) is 0 Å². The topological polar surface area (TPSA) is 195 Å². The molecule has 5 heterocycles. The molecule has 5 aromatic rings. The van der Waals surface area contributed by atoms with E-state index in [1.165, 1.54) is 6.26 Å². The number of unbranched alkanes of at least 4 members (excludes halogenated alkanes) is 2. The van der Waals surface area contributed by atoms with E-state index in [2.05, 4.69) is 30.9 Å². The highest BCUT2D eigenvalue weighted by atomic mass is 32.2. The van der Waals surface area contributed by atoms with Crippen LogP contribution in [0.3, 0.4) is 0 Å². The summed E-state index contributed by atoms with van der Waals surface area (Å²) in [6.07, 6.45) is 4.25. The summed E-state index contributed by atoms with van der Waals surface area (Å²) in [4.78, 5) is 72.9. The number of benzene rings is 3. The summed E-state index contributed by atoms with van der Waals surface area (Å²) in [6.45, 7) is 3.37. The number of pyridine rings is 1. The van der Waals surface area contributed by atoms with Gasteiger partial charge in [0.1, 0.15) is 6.04 Å². The van der Waals surface area contributed by atoms with E-state index in [-0.39, 0.29) is 34.8 Å². The number of anilines is 4. The molecule has 0 bridgehead atoms. The molecule has 3 aromatic carbocycles. The summed E-state index contributed by atoms with van der Waals surface area (Å²) in [6, 6.07) is 24.3. The minimum atomic E-state index is -3.30. The molecule has 17 heteroatoms. The fraction of sp³-hybridized carbons (Fsp3) is 0.310. The Morgan fingerprint density at radius 2 is 1.56 bits per heavy atom. The lowest BCUT2D eigenvalue weighted by Crippen LogP contribution is -2.54. The zero-order valence-corrected chi connectivity index (χ0v) is 33.2. The minimum absolute atomic E-state index is 0.0697. The largest absolute Gasteiger partial charge is 0.385 e. The number of rotatable bonds is 13. The molecule has 1 unspecified atom stereocenters. The zero-order chi connectivity index (χ0) is 41.3. The Kier molecular flexibility index (Phi) is 10.9. The Morgan fingerprint density at radius 1 is 0.831 bits per heavy atom. The van der Waals surface area contributed by atoms with Crippen molar-refractivity contribution in [2.75, 3.05) is 54.5 Å². The molecule has 1 atom stereocenters. The highest BCUT2D eigenvalue weighted by molar-refractivity contribution is 7.90. The molecule has 0 aliphatic carbocycles. The van der Waals surface area contributed by atoms with Crippen LogP contribution in [0.25, 0.3) is 16.9 Å². The van der Waals surface area contributed by atoms with Crippen molar-refractivity contribution in [1.82, 2.24) is 29.7 Å². The maximum Gasteiger partial charge on any atom is 0.262 e. The van der Waals surface area contributed by atoms with Crippen LogP contribution in [0.5, 0.6) is 0 Å². The molecule has 0 saturated carbocycles. The van der Waals surface area contributed by atoms with Crippen LogP contribution in [-0.4, -0.2) is 107 Å². The average Bonchev–Trinajstić information content (AvgIpc) is 3.75. The van der Waals surface area contributed by atoms with Crippen LogP contribution in [0.1, 0.15) is 59.2 Å². The average molecular weight is 818 g/mol. The van der Waals surface area contributed by atoms with Crippen molar-refractivity contribution in [3.8, 4) is 11.3 Å². The molecule has 3 aliphatic heterocycles. The number of piperidine rings is 1. The predicted octanol–water partition coefficient (Wildman–Crippen LogP) is 4.27. The van der Waals surface area contributed by atoms with Gasteiger partial charge in [-0.25, -0.2) is 12.9 Å². The van der Waals surface area contributed by atoms with Crippen molar-refractivity contribution < 1.29 is 32.4 Å². The van der Waals surface area contributed by atoms with Crippen molar-refractivity contribution >= 4 is 68.0 Å². The van der Waals surface area contributed by atoms with Gasteiger partial charge < -0.3 is 20.4 Å². The Labute approximate surface area is 340 Å². The molecule has 59 heavy (non-hydrogen) atoms. The molecule has 16 nitrogen and oxygen atoms in total. The molecule has 2 aromatic heterocycles. The maximum atomic E-state index is 13.1. The van der Waals surface area contributed by atoms with Gasteiger partial charge in [-0.15, -0.1) is 5.10 Å². The molecule has 2 saturated heterocycles. The van der Waals surface area contributed by atoms with Gasteiger partial charge in [-0.2, -0.15) is 4.98 Å². The third-order valence-electron chi connectivity index (χ3n) is 10.9. The van der Waals surface area contributed by atoms with Crippen molar-refractivity contribution in [2.45, 2.75) is 49.5 Å². The number of nitrogens with one attached hydrogen (secondary N) is 3. The second kappa shape index (κ2) is 16.3. The molecule has 3 aliphatic rings. The van der Waals surface area contributed by atoms with E-state index in [0.29, 0.717) is 43.3 Å². The summed E-state index contributed by atoms with van der Waals surface area (Å²) >= 11 is 0. The molecular weight excluding hydrogens is 775 g/mol. The Bertz CT molecular complexity index is 2570. The van der Waals surface area contributed by atoms with Crippen LogP contribution in [-0.2, 0) is 24.2 Å². The fourth-order valence-corrected chi connectivity index (χ4v) is 8.33. The number of nitrogens with zero attached hydrogens (tertiary/aromatic N) is 6. The standard InChI is InChI=1S/C42H43N9O7S/c1-59(57,58)31-16-9-27(10-17-31)34-6-5-7-36-45-42(47-51(34)36)44-28-11-14-30(15-12-28)48-22-24-49(25-23-48)38(53)8-3-2-4-21-43-29-13-18-32-33(26-29)41(56)50(40(32)55)35-19-20-37(52)46-39(35)54/h5-7,9-18,26,35,43H,2-4,8,19-25H2,1H3,(H,44,47)(H,46,52,54). The number of aromatic nitrogens is 3. The molecule has 0 spiro atoms. The number of fused-ring (bicyclic) bond motifs is 2. The number of piperazine rings is 1. The van der Waals surface area contributed by atoms with Gasteiger partial charge in [0.15, 0.2) is 15.5 Å². The normalized spacial score (nSPS) is 17.0. The number of hydrogen-bond acceptors (Lipinski definition) is 12. The smallest absolute Gasteiger partial charge is 0.262 e. The molecule has 3 N–H and O–H groups in total. The van der Waals surface area contributed by atoms with Crippen LogP contribution >= 0.6 is 0 Å². The van der Waals surface area contributed by atoms with Gasteiger partial charge in [0, 0.05) is 74.4 Å². The lowest BCUT2D eigenvalue weighted by Gasteiger charge is -2.36.